The van der Waals surface area contributed by atoms with E-state index < -0.39 is 0 Å². The molecule has 0 bridgehead atoms. The summed E-state index contributed by atoms with van der Waals surface area (Å²) in [6, 6.07) is 4.78. The van der Waals surface area contributed by atoms with Gasteiger partial charge in [-0.05, 0) is 17.7 Å². The zero-order valence-corrected chi connectivity index (χ0v) is 16.5. The molecule has 0 radical (unpaired) electrons. The number of hydrogen-bond donors (Lipinski definition) is 2. The Morgan fingerprint density at radius 2 is 2.11 bits per heavy atom. The van der Waals surface area contributed by atoms with Crippen LogP contribution >= 0.6 is 11.5 Å². The van der Waals surface area contributed by atoms with Crippen LogP contribution in [0.25, 0.3) is 0 Å². The standard InChI is InChI=1S/C18H25FN6OS/c1-3-16-22-18(27-23-16)25-8-6-24(7-9-25)17(20-2)21-11-13-4-5-15(19)14(10-13)12-26/h4-5,10,26H,3,6-9,11-12H2,1-2H3,(H,20,21). The summed E-state index contributed by atoms with van der Waals surface area (Å²) in [5.41, 5.74) is 1.21. The van der Waals surface area contributed by atoms with Gasteiger partial charge in [-0.3, -0.25) is 4.99 Å². The van der Waals surface area contributed by atoms with Crippen LogP contribution in [0.1, 0.15) is 23.9 Å². The molecule has 7 nitrogen and oxygen atoms in total. The lowest BCUT2D eigenvalue weighted by atomic mass is 10.1. The van der Waals surface area contributed by atoms with Gasteiger partial charge in [0.25, 0.3) is 0 Å². The maximum Gasteiger partial charge on any atom is 0.205 e. The number of rotatable bonds is 5. The molecule has 0 atom stereocenters. The number of aliphatic imine (C=N–C) groups is 1. The fraction of sp³-hybridized carbons (Fsp3) is 0.500. The highest BCUT2D eigenvalue weighted by molar-refractivity contribution is 7.09. The second-order valence-corrected chi connectivity index (χ2v) is 7.04. The van der Waals surface area contributed by atoms with Crippen LogP contribution in [0.15, 0.2) is 23.2 Å². The summed E-state index contributed by atoms with van der Waals surface area (Å²) in [6.45, 7) is 5.69. The number of aryl methyl sites for hydroxylation is 1. The van der Waals surface area contributed by atoms with Crippen molar-refractivity contribution in [1.29, 1.82) is 0 Å². The number of halogens is 1. The van der Waals surface area contributed by atoms with E-state index in [1.165, 1.54) is 17.6 Å². The smallest absolute Gasteiger partial charge is 0.205 e. The zero-order chi connectivity index (χ0) is 19.2. The van der Waals surface area contributed by atoms with Crippen molar-refractivity contribution in [3.05, 3.63) is 41.0 Å². The number of piperazine rings is 1. The van der Waals surface area contributed by atoms with Crippen molar-refractivity contribution in [3.8, 4) is 0 Å². The highest BCUT2D eigenvalue weighted by Gasteiger charge is 2.22. The molecule has 9 heteroatoms. The Bertz CT molecular complexity index is 788. The molecule has 1 aromatic carbocycles. The molecule has 0 unspecified atom stereocenters. The van der Waals surface area contributed by atoms with Gasteiger partial charge in [-0.1, -0.05) is 13.0 Å². The van der Waals surface area contributed by atoms with Gasteiger partial charge in [0.1, 0.15) is 11.6 Å². The van der Waals surface area contributed by atoms with E-state index in [1.54, 1.807) is 19.2 Å². The molecular formula is C18H25FN6OS. The van der Waals surface area contributed by atoms with Gasteiger partial charge in [-0.2, -0.15) is 4.37 Å². The van der Waals surface area contributed by atoms with E-state index in [-0.39, 0.29) is 12.4 Å². The van der Waals surface area contributed by atoms with Crippen LogP contribution in [-0.2, 0) is 19.6 Å². The van der Waals surface area contributed by atoms with E-state index in [0.717, 1.165) is 55.1 Å². The Kier molecular flexibility index (Phi) is 6.57. The Morgan fingerprint density at radius 3 is 2.74 bits per heavy atom. The minimum Gasteiger partial charge on any atom is -0.392 e. The van der Waals surface area contributed by atoms with Crippen molar-refractivity contribution < 1.29 is 9.50 Å². The molecule has 0 amide bonds. The molecule has 2 aromatic rings. The van der Waals surface area contributed by atoms with Gasteiger partial charge in [0.15, 0.2) is 5.96 Å². The lowest BCUT2D eigenvalue weighted by molar-refractivity contribution is 0.275. The molecule has 1 aliphatic heterocycles. The Labute approximate surface area is 162 Å². The maximum atomic E-state index is 13.5. The minimum absolute atomic E-state index is 0.304. The van der Waals surface area contributed by atoms with Crippen molar-refractivity contribution in [2.24, 2.45) is 4.99 Å². The van der Waals surface area contributed by atoms with Gasteiger partial charge in [-0.25, -0.2) is 9.37 Å². The number of anilines is 1. The van der Waals surface area contributed by atoms with Crippen LogP contribution < -0.4 is 10.2 Å². The quantitative estimate of drug-likeness (QED) is 0.595. The average molecular weight is 393 g/mol. The third-order valence-corrected chi connectivity index (χ3v) is 5.38. The van der Waals surface area contributed by atoms with Crippen LogP contribution in [-0.4, -0.2) is 58.6 Å². The first-order valence-electron chi connectivity index (χ1n) is 9.06. The lowest BCUT2D eigenvalue weighted by Gasteiger charge is -2.36. The minimum atomic E-state index is -0.385. The van der Waals surface area contributed by atoms with Crippen LogP contribution in [0, 0.1) is 5.82 Å². The molecule has 0 spiro atoms. The van der Waals surface area contributed by atoms with Crippen molar-refractivity contribution in [2.45, 2.75) is 26.5 Å². The fourth-order valence-corrected chi connectivity index (χ4v) is 3.80. The normalized spacial score (nSPS) is 15.3. The SMILES string of the molecule is CCc1nsc(N2CCN(C(=NC)NCc3ccc(F)c(CO)c3)CC2)n1. The summed E-state index contributed by atoms with van der Waals surface area (Å²) in [5, 5.41) is 13.5. The van der Waals surface area contributed by atoms with Crippen molar-refractivity contribution >= 4 is 22.6 Å². The Morgan fingerprint density at radius 1 is 1.33 bits per heavy atom. The predicted octanol–water partition coefficient (Wildman–Crippen LogP) is 1.63. The number of nitrogens with one attached hydrogen (secondary N) is 1. The number of aromatic nitrogens is 2. The molecule has 0 aliphatic carbocycles. The highest BCUT2D eigenvalue weighted by atomic mass is 32.1. The lowest BCUT2D eigenvalue weighted by Crippen LogP contribution is -2.52. The highest BCUT2D eigenvalue weighted by Crippen LogP contribution is 2.19. The molecule has 27 heavy (non-hydrogen) atoms. The second kappa shape index (κ2) is 9.09. The first-order valence-corrected chi connectivity index (χ1v) is 9.83. The largest absolute Gasteiger partial charge is 0.392 e. The molecule has 2 N–H and O–H groups in total. The number of aliphatic hydroxyl groups excluding tert-OH is 1. The monoisotopic (exact) mass is 392 g/mol. The molecule has 0 saturated carbocycles. The fourth-order valence-electron chi connectivity index (χ4n) is 3.00. The van der Waals surface area contributed by atoms with Crippen LogP contribution in [0.2, 0.25) is 0 Å². The van der Waals surface area contributed by atoms with Crippen LogP contribution in [0.4, 0.5) is 9.52 Å². The van der Waals surface area contributed by atoms with E-state index >= 15 is 0 Å². The average Bonchev–Trinajstić information content (AvgIpc) is 3.19. The van der Waals surface area contributed by atoms with Crippen LogP contribution in [0.5, 0.6) is 0 Å². The first-order chi connectivity index (χ1) is 13.1. The molecule has 1 saturated heterocycles. The molecular weight excluding hydrogens is 367 g/mol. The number of nitrogens with zero attached hydrogens (tertiary/aromatic N) is 5. The molecule has 1 aromatic heterocycles. The van der Waals surface area contributed by atoms with Crippen molar-refractivity contribution in [2.75, 3.05) is 38.1 Å². The van der Waals surface area contributed by atoms with E-state index in [0.29, 0.717) is 12.1 Å². The Balaban J connectivity index is 1.54. The van der Waals surface area contributed by atoms with Gasteiger partial charge >= 0.3 is 0 Å². The summed E-state index contributed by atoms with van der Waals surface area (Å²) in [7, 11) is 1.76. The number of benzene rings is 1. The van der Waals surface area contributed by atoms with E-state index in [2.05, 4.69) is 36.4 Å². The van der Waals surface area contributed by atoms with Gasteiger partial charge in [0, 0.05) is 63.3 Å². The third-order valence-electron chi connectivity index (χ3n) is 4.57. The van der Waals surface area contributed by atoms with Gasteiger partial charge in [0.2, 0.25) is 5.13 Å². The van der Waals surface area contributed by atoms with E-state index in [1.807, 2.05) is 0 Å². The Hall–Kier alpha value is -2.26. The molecule has 2 heterocycles. The maximum absolute atomic E-state index is 13.5. The summed E-state index contributed by atoms with van der Waals surface area (Å²) in [4.78, 5) is 13.4. The second-order valence-electron chi connectivity index (χ2n) is 6.31. The third kappa shape index (κ3) is 4.72. The topological polar surface area (TPSA) is 76.9 Å². The summed E-state index contributed by atoms with van der Waals surface area (Å²) >= 11 is 1.46. The number of aliphatic hydroxyl groups is 1. The molecule has 3 rings (SSSR count). The first kappa shape index (κ1) is 19.5. The van der Waals surface area contributed by atoms with Gasteiger partial charge in [-0.15, -0.1) is 0 Å². The van der Waals surface area contributed by atoms with Crippen molar-refractivity contribution in [3.63, 3.8) is 0 Å². The summed E-state index contributed by atoms with van der Waals surface area (Å²) < 4.78 is 17.9. The summed E-state index contributed by atoms with van der Waals surface area (Å²) in [5.74, 6) is 1.33. The molecule has 1 fully saturated rings. The van der Waals surface area contributed by atoms with E-state index in [9.17, 15) is 9.50 Å². The number of hydrogen-bond acceptors (Lipinski definition) is 6. The van der Waals surface area contributed by atoms with E-state index in [4.69, 9.17) is 0 Å². The van der Waals surface area contributed by atoms with Crippen LogP contribution in [0.3, 0.4) is 0 Å². The zero-order valence-electron chi connectivity index (χ0n) is 15.7. The van der Waals surface area contributed by atoms with Gasteiger partial charge < -0.3 is 20.2 Å². The summed E-state index contributed by atoms with van der Waals surface area (Å²) in [6.07, 6.45) is 0.856. The predicted molar refractivity (Wildman–Crippen MR) is 106 cm³/mol. The molecule has 146 valence electrons. The number of guanidine groups is 1. The van der Waals surface area contributed by atoms with Gasteiger partial charge in [0.05, 0.1) is 6.61 Å². The molecule has 1 aliphatic rings. The van der Waals surface area contributed by atoms with Crippen molar-refractivity contribution in [1.82, 2.24) is 19.6 Å².